The predicted octanol–water partition coefficient (Wildman–Crippen LogP) is 7.05. The largest absolute Gasteiger partial charge is 0.493 e. The number of hydrogen-bond donors (Lipinski definition) is 1. The quantitative estimate of drug-likeness (QED) is 0.241. The van der Waals surface area contributed by atoms with Crippen LogP contribution >= 0.6 is 0 Å². The summed E-state index contributed by atoms with van der Waals surface area (Å²) < 4.78 is 31.5. The van der Waals surface area contributed by atoms with Gasteiger partial charge < -0.3 is 29.0 Å². The van der Waals surface area contributed by atoms with Crippen molar-refractivity contribution < 1.29 is 28.5 Å². The molecule has 1 amide bonds. The van der Waals surface area contributed by atoms with Crippen molar-refractivity contribution in [2.75, 3.05) is 48.5 Å². The standard InChI is InChI=1S/C41H45N3O6/c1-43-16-14-26-21-35(46-3)36-23-31(26)32(43)18-24-6-11-29(12-7-24)49-34-20-25(8-13-30(34)41(45)42-28-9-10-28)19-33-38-27(15-17-44(33)2)22-37(47-4)39(48-5)40(38)50-36/h6-8,11-13,20-23,28,32-33H,9-10,14-19H2,1-5H3,(H,42,45)/t32-,33+/m0/s1. The molecule has 5 aliphatic rings. The Labute approximate surface area is 294 Å². The number of nitrogens with one attached hydrogen (secondary N) is 1. The Morgan fingerprint density at radius 2 is 1.42 bits per heavy atom. The summed E-state index contributed by atoms with van der Waals surface area (Å²) in [6.07, 6.45) is 5.25. The van der Waals surface area contributed by atoms with Crippen LogP contribution in [-0.2, 0) is 25.7 Å². The van der Waals surface area contributed by atoms with Crippen LogP contribution in [0.1, 0.15) is 68.7 Å². The molecule has 9 nitrogen and oxygen atoms in total. The van der Waals surface area contributed by atoms with E-state index >= 15 is 0 Å². The first-order valence-electron chi connectivity index (χ1n) is 17.6. The highest BCUT2D eigenvalue weighted by atomic mass is 16.5. The number of carbonyl (C=O) groups excluding carboxylic acids is 1. The molecule has 2 atom stereocenters. The minimum atomic E-state index is -0.105. The molecule has 1 fully saturated rings. The minimum absolute atomic E-state index is 0.0618. The first kappa shape index (κ1) is 32.5. The van der Waals surface area contributed by atoms with Crippen LogP contribution in [0, 0.1) is 0 Å². The number of ether oxygens (including phenoxy) is 5. The van der Waals surface area contributed by atoms with Gasteiger partial charge in [0.05, 0.1) is 26.9 Å². The fourth-order valence-electron chi connectivity index (χ4n) is 7.80. The molecule has 1 saturated carbocycles. The van der Waals surface area contributed by atoms with E-state index in [-0.39, 0.29) is 24.0 Å². The Balaban J connectivity index is 1.33. The molecule has 1 N–H and O–H groups in total. The van der Waals surface area contributed by atoms with Crippen molar-refractivity contribution in [2.24, 2.45) is 0 Å². The molecule has 0 saturated heterocycles. The zero-order valence-electron chi connectivity index (χ0n) is 29.5. The highest BCUT2D eigenvalue weighted by Crippen LogP contribution is 2.52. The average Bonchev–Trinajstić information content (AvgIpc) is 3.94. The third kappa shape index (κ3) is 6.03. The second-order valence-corrected chi connectivity index (χ2v) is 14.0. The molecule has 0 unspecified atom stereocenters. The lowest BCUT2D eigenvalue weighted by Crippen LogP contribution is -2.34. The number of benzene rings is 4. The van der Waals surface area contributed by atoms with Crippen LogP contribution in [0.25, 0.3) is 0 Å². The molecule has 6 bridgehead atoms. The van der Waals surface area contributed by atoms with Crippen LogP contribution in [0.15, 0.2) is 60.7 Å². The second-order valence-electron chi connectivity index (χ2n) is 14.0. The maximum atomic E-state index is 13.4. The highest BCUT2D eigenvalue weighted by Gasteiger charge is 2.35. The van der Waals surface area contributed by atoms with E-state index in [9.17, 15) is 4.79 Å². The van der Waals surface area contributed by atoms with E-state index in [0.29, 0.717) is 52.2 Å². The number of nitrogens with zero attached hydrogens (tertiary/aromatic N) is 2. The molecule has 4 heterocycles. The van der Waals surface area contributed by atoms with Gasteiger partial charge in [-0.3, -0.25) is 14.6 Å². The Hall–Kier alpha value is -4.73. The lowest BCUT2D eigenvalue weighted by atomic mass is 9.87. The summed E-state index contributed by atoms with van der Waals surface area (Å²) in [4.78, 5) is 18.2. The van der Waals surface area contributed by atoms with Gasteiger partial charge in [0.25, 0.3) is 5.91 Å². The predicted molar refractivity (Wildman–Crippen MR) is 192 cm³/mol. The fourth-order valence-corrected chi connectivity index (χ4v) is 7.80. The van der Waals surface area contributed by atoms with Gasteiger partial charge in [-0.2, -0.15) is 0 Å². The number of hydrogen-bond acceptors (Lipinski definition) is 8. The summed E-state index contributed by atoms with van der Waals surface area (Å²) in [6, 6.07) is 20.9. The Kier molecular flexibility index (Phi) is 8.57. The summed E-state index contributed by atoms with van der Waals surface area (Å²) in [7, 11) is 9.36. The van der Waals surface area contributed by atoms with E-state index in [0.717, 1.165) is 61.9 Å². The van der Waals surface area contributed by atoms with Gasteiger partial charge in [0.15, 0.2) is 23.0 Å². The van der Waals surface area contributed by atoms with Crippen LogP contribution in [-0.4, -0.2) is 70.3 Å². The summed E-state index contributed by atoms with van der Waals surface area (Å²) in [5, 5.41) is 3.15. The lowest BCUT2D eigenvalue weighted by Gasteiger charge is -2.37. The zero-order valence-corrected chi connectivity index (χ0v) is 29.5. The molecular weight excluding hydrogens is 630 g/mol. The summed E-state index contributed by atoms with van der Waals surface area (Å²) >= 11 is 0. The van der Waals surface area contributed by atoms with Gasteiger partial charge >= 0.3 is 0 Å². The number of likely N-dealkylation sites (N-methyl/N-ethyl adjacent to an activating group) is 2. The maximum absolute atomic E-state index is 13.4. The molecule has 9 rings (SSSR count). The Bertz CT molecular complexity index is 1940. The normalized spacial score (nSPS) is 20.0. The van der Waals surface area contributed by atoms with Gasteiger partial charge in [0, 0.05) is 36.8 Å². The number of methoxy groups -OCH3 is 3. The highest BCUT2D eigenvalue weighted by molar-refractivity contribution is 5.97. The number of amides is 1. The van der Waals surface area contributed by atoms with E-state index < -0.39 is 0 Å². The van der Waals surface area contributed by atoms with Crippen molar-refractivity contribution in [3.05, 3.63) is 99.6 Å². The maximum Gasteiger partial charge on any atom is 0.255 e. The third-order valence-electron chi connectivity index (χ3n) is 10.8. The first-order chi connectivity index (χ1) is 24.3. The van der Waals surface area contributed by atoms with Crippen LogP contribution in [0.5, 0.6) is 40.2 Å². The molecule has 0 spiro atoms. The fraction of sp³-hybridized carbons (Fsp3) is 0.390. The SMILES string of the molecule is COc1cc2c3cc1Oc1c(OC)c(OC)cc4c1[C@@H](Cc1ccc(C(=O)NC5CC5)c(c1)Oc1ccc(cc1)C[C@@H]3N(C)CC2)N(C)CC4. The summed E-state index contributed by atoms with van der Waals surface area (Å²) in [5.74, 6) is 4.28. The molecule has 260 valence electrons. The number of carbonyl (C=O) groups is 1. The van der Waals surface area contributed by atoms with E-state index in [1.165, 1.54) is 16.7 Å². The molecule has 0 radical (unpaired) electrons. The van der Waals surface area contributed by atoms with E-state index in [2.05, 4.69) is 59.5 Å². The molecule has 4 aromatic carbocycles. The molecule has 4 aromatic rings. The van der Waals surface area contributed by atoms with Gasteiger partial charge in [0.1, 0.15) is 11.5 Å². The van der Waals surface area contributed by atoms with Crippen LogP contribution in [0.3, 0.4) is 0 Å². The van der Waals surface area contributed by atoms with Crippen molar-refractivity contribution >= 4 is 5.91 Å². The van der Waals surface area contributed by atoms with Crippen LogP contribution in [0.4, 0.5) is 0 Å². The van der Waals surface area contributed by atoms with Crippen molar-refractivity contribution in [2.45, 2.75) is 56.7 Å². The Morgan fingerprint density at radius 1 is 0.740 bits per heavy atom. The van der Waals surface area contributed by atoms with Crippen molar-refractivity contribution in [3.63, 3.8) is 0 Å². The number of rotatable bonds is 5. The second kappa shape index (κ2) is 13.2. The van der Waals surface area contributed by atoms with Crippen molar-refractivity contribution in [3.8, 4) is 40.2 Å². The van der Waals surface area contributed by atoms with Gasteiger partial charge in [0.2, 0.25) is 5.75 Å². The van der Waals surface area contributed by atoms with E-state index in [4.69, 9.17) is 23.7 Å². The molecule has 1 aliphatic carbocycles. The van der Waals surface area contributed by atoms with E-state index in [1.807, 2.05) is 30.3 Å². The molecule has 9 heteroatoms. The van der Waals surface area contributed by atoms with Crippen molar-refractivity contribution in [1.29, 1.82) is 0 Å². The minimum Gasteiger partial charge on any atom is -0.493 e. The molecular formula is C41H45N3O6. The third-order valence-corrected chi connectivity index (χ3v) is 10.8. The van der Waals surface area contributed by atoms with E-state index in [1.54, 1.807) is 21.3 Å². The molecule has 50 heavy (non-hydrogen) atoms. The molecule has 4 aliphatic heterocycles. The van der Waals surface area contributed by atoms with Gasteiger partial charge in [-0.15, -0.1) is 0 Å². The van der Waals surface area contributed by atoms with Gasteiger partial charge in [-0.1, -0.05) is 18.2 Å². The monoisotopic (exact) mass is 675 g/mol. The van der Waals surface area contributed by atoms with Crippen LogP contribution < -0.4 is 29.0 Å². The first-order valence-corrected chi connectivity index (χ1v) is 17.6. The average molecular weight is 676 g/mol. The number of fused-ring (bicyclic) bond motifs is 2. The van der Waals surface area contributed by atoms with Crippen molar-refractivity contribution in [1.82, 2.24) is 15.1 Å². The Morgan fingerprint density at radius 3 is 2.14 bits per heavy atom. The molecule has 0 aromatic heterocycles. The smallest absolute Gasteiger partial charge is 0.255 e. The van der Waals surface area contributed by atoms with Gasteiger partial charge in [-0.25, -0.2) is 0 Å². The lowest BCUT2D eigenvalue weighted by molar-refractivity contribution is 0.0948. The summed E-state index contributed by atoms with van der Waals surface area (Å²) in [6.45, 7) is 1.80. The van der Waals surface area contributed by atoms with Crippen LogP contribution in [0.2, 0.25) is 0 Å². The topological polar surface area (TPSA) is 81.7 Å². The summed E-state index contributed by atoms with van der Waals surface area (Å²) in [5.41, 5.74) is 7.47. The zero-order chi connectivity index (χ0) is 34.5. The van der Waals surface area contributed by atoms with Gasteiger partial charge in [-0.05, 0) is 123 Å².